The van der Waals surface area contributed by atoms with Gasteiger partial charge in [-0.25, -0.2) is 0 Å². The minimum Gasteiger partial charge on any atom is -0.348 e. The van der Waals surface area contributed by atoms with Gasteiger partial charge in [0.25, 0.3) is 5.91 Å². The molecule has 1 heterocycles. The summed E-state index contributed by atoms with van der Waals surface area (Å²) in [6.45, 7) is 10.7. The lowest BCUT2D eigenvalue weighted by Gasteiger charge is -2.10. The predicted octanol–water partition coefficient (Wildman–Crippen LogP) is 2.75. The van der Waals surface area contributed by atoms with Gasteiger partial charge in [-0.15, -0.1) is 6.58 Å². The Hall–Kier alpha value is -1.51. The molecule has 0 saturated heterocycles. The predicted molar refractivity (Wildman–Crippen MR) is 74.0 cm³/mol. The van der Waals surface area contributed by atoms with Crippen molar-refractivity contribution in [3.63, 3.8) is 0 Å². The molecule has 1 aliphatic rings. The lowest BCUT2D eigenvalue weighted by Crippen LogP contribution is -2.28. The standard InChI is InChI=1S/C15H22N2O/c1-5-9-17-11(4)13(6-2)10(3)14(17)15(18)16-12-7-8-12/h5,12H,1,6-9H2,2-4H3,(H,16,18). The van der Waals surface area contributed by atoms with Gasteiger partial charge in [0.15, 0.2) is 0 Å². The second-order valence-electron chi connectivity index (χ2n) is 5.04. The zero-order valence-electron chi connectivity index (χ0n) is 11.5. The molecule has 3 heteroatoms. The summed E-state index contributed by atoms with van der Waals surface area (Å²) in [4.78, 5) is 12.3. The Balaban J connectivity index is 2.41. The van der Waals surface area contributed by atoms with Crippen LogP contribution in [0.3, 0.4) is 0 Å². The van der Waals surface area contributed by atoms with Crippen LogP contribution in [-0.4, -0.2) is 16.5 Å². The van der Waals surface area contributed by atoms with Crippen molar-refractivity contribution in [3.05, 3.63) is 35.2 Å². The van der Waals surface area contributed by atoms with Gasteiger partial charge >= 0.3 is 0 Å². The van der Waals surface area contributed by atoms with Crippen molar-refractivity contribution in [1.82, 2.24) is 9.88 Å². The van der Waals surface area contributed by atoms with E-state index in [1.165, 1.54) is 11.3 Å². The summed E-state index contributed by atoms with van der Waals surface area (Å²) in [5.41, 5.74) is 4.42. The number of carbonyl (C=O) groups is 1. The van der Waals surface area contributed by atoms with E-state index in [0.717, 1.165) is 30.5 Å². The van der Waals surface area contributed by atoms with Crippen molar-refractivity contribution in [2.24, 2.45) is 0 Å². The smallest absolute Gasteiger partial charge is 0.268 e. The Morgan fingerprint density at radius 1 is 1.50 bits per heavy atom. The lowest BCUT2D eigenvalue weighted by molar-refractivity contribution is 0.0941. The van der Waals surface area contributed by atoms with E-state index in [2.05, 4.69) is 30.3 Å². The van der Waals surface area contributed by atoms with E-state index in [0.29, 0.717) is 12.6 Å². The SMILES string of the molecule is C=CCn1c(C)c(CC)c(C)c1C(=O)NC1CC1. The molecule has 2 rings (SSSR count). The molecule has 98 valence electrons. The first-order valence-electron chi connectivity index (χ1n) is 6.70. The van der Waals surface area contributed by atoms with Crippen molar-refractivity contribution in [2.75, 3.05) is 0 Å². The summed E-state index contributed by atoms with van der Waals surface area (Å²) >= 11 is 0. The summed E-state index contributed by atoms with van der Waals surface area (Å²) in [6, 6.07) is 0.398. The highest BCUT2D eigenvalue weighted by Gasteiger charge is 2.27. The van der Waals surface area contributed by atoms with Crippen molar-refractivity contribution in [1.29, 1.82) is 0 Å². The number of nitrogens with one attached hydrogen (secondary N) is 1. The molecule has 0 aliphatic heterocycles. The Morgan fingerprint density at radius 2 is 2.17 bits per heavy atom. The Kier molecular flexibility index (Phi) is 3.60. The van der Waals surface area contributed by atoms with Crippen LogP contribution in [0.4, 0.5) is 0 Å². The van der Waals surface area contributed by atoms with Gasteiger partial charge in [-0.1, -0.05) is 13.0 Å². The highest BCUT2D eigenvalue weighted by atomic mass is 16.2. The molecule has 3 nitrogen and oxygen atoms in total. The number of rotatable bonds is 5. The average Bonchev–Trinajstić information content (AvgIpc) is 3.09. The molecule has 1 aromatic rings. The zero-order chi connectivity index (χ0) is 13.3. The van der Waals surface area contributed by atoms with Crippen molar-refractivity contribution >= 4 is 5.91 Å². The molecule has 1 aromatic heterocycles. The van der Waals surface area contributed by atoms with Gasteiger partial charge in [0.2, 0.25) is 0 Å². The first-order valence-corrected chi connectivity index (χ1v) is 6.70. The number of aromatic nitrogens is 1. The third kappa shape index (κ3) is 2.22. The maximum absolute atomic E-state index is 12.3. The van der Waals surface area contributed by atoms with Crippen LogP contribution < -0.4 is 5.32 Å². The molecule has 18 heavy (non-hydrogen) atoms. The highest BCUT2D eigenvalue weighted by molar-refractivity contribution is 5.95. The molecular weight excluding hydrogens is 224 g/mol. The van der Waals surface area contributed by atoms with Crippen molar-refractivity contribution < 1.29 is 4.79 Å². The number of amides is 1. The fraction of sp³-hybridized carbons (Fsp3) is 0.533. The van der Waals surface area contributed by atoms with E-state index >= 15 is 0 Å². The van der Waals surface area contributed by atoms with Crippen LogP contribution >= 0.6 is 0 Å². The van der Waals surface area contributed by atoms with Gasteiger partial charge in [0.05, 0.1) is 0 Å². The van der Waals surface area contributed by atoms with Crippen LogP contribution in [0.1, 0.15) is 47.1 Å². The molecule has 0 aromatic carbocycles. The molecule has 1 N–H and O–H groups in total. The van der Waals surface area contributed by atoms with Crippen molar-refractivity contribution in [3.8, 4) is 0 Å². The third-order valence-corrected chi connectivity index (χ3v) is 3.71. The summed E-state index contributed by atoms with van der Waals surface area (Å²) < 4.78 is 2.08. The van der Waals surface area contributed by atoms with E-state index in [-0.39, 0.29) is 5.91 Å². The van der Waals surface area contributed by atoms with Crippen molar-refractivity contribution in [2.45, 2.75) is 52.6 Å². The Labute approximate surface area is 109 Å². The molecule has 0 unspecified atom stereocenters. The Morgan fingerprint density at radius 3 is 2.67 bits per heavy atom. The monoisotopic (exact) mass is 246 g/mol. The number of hydrogen-bond acceptors (Lipinski definition) is 1. The molecular formula is C15H22N2O. The fourth-order valence-corrected chi connectivity index (χ4v) is 2.60. The minimum atomic E-state index is 0.0691. The maximum Gasteiger partial charge on any atom is 0.268 e. The molecule has 1 aliphatic carbocycles. The summed E-state index contributed by atoms with van der Waals surface area (Å²) in [7, 11) is 0. The molecule has 1 saturated carbocycles. The van der Waals surface area contributed by atoms with Crippen LogP contribution in [0.15, 0.2) is 12.7 Å². The average molecular weight is 246 g/mol. The Bertz CT molecular complexity index is 481. The minimum absolute atomic E-state index is 0.0691. The van der Waals surface area contributed by atoms with E-state index in [1.807, 2.05) is 13.0 Å². The molecule has 0 bridgehead atoms. The maximum atomic E-state index is 12.3. The first-order chi connectivity index (χ1) is 8.60. The van der Waals surface area contributed by atoms with E-state index in [4.69, 9.17) is 0 Å². The quantitative estimate of drug-likeness (QED) is 0.796. The largest absolute Gasteiger partial charge is 0.348 e. The van der Waals surface area contributed by atoms with E-state index in [9.17, 15) is 4.79 Å². The van der Waals surface area contributed by atoms with Crippen LogP contribution in [0.2, 0.25) is 0 Å². The van der Waals surface area contributed by atoms with Gasteiger partial charge < -0.3 is 9.88 Å². The summed E-state index contributed by atoms with van der Waals surface area (Å²) in [5.74, 6) is 0.0691. The van der Waals surface area contributed by atoms with Gasteiger partial charge in [-0.2, -0.15) is 0 Å². The lowest BCUT2D eigenvalue weighted by atomic mass is 10.1. The molecule has 0 radical (unpaired) electrons. The summed E-state index contributed by atoms with van der Waals surface area (Å²) in [6.07, 6.45) is 5.05. The third-order valence-electron chi connectivity index (χ3n) is 3.71. The van der Waals surface area contributed by atoms with Gasteiger partial charge in [0.1, 0.15) is 5.69 Å². The number of hydrogen-bond donors (Lipinski definition) is 1. The second-order valence-corrected chi connectivity index (χ2v) is 5.04. The highest BCUT2D eigenvalue weighted by Crippen LogP contribution is 2.25. The van der Waals surface area contributed by atoms with Crippen LogP contribution in [0.25, 0.3) is 0 Å². The van der Waals surface area contributed by atoms with E-state index in [1.54, 1.807) is 0 Å². The topological polar surface area (TPSA) is 34.0 Å². The van der Waals surface area contributed by atoms with Crippen LogP contribution in [0, 0.1) is 13.8 Å². The van der Waals surface area contributed by atoms with Gasteiger partial charge in [0, 0.05) is 18.3 Å². The zero-order valence-corrected chi connectivity index (χ0v) is 11.5. The number of carbonyl (C=O) groups excluding carboxylic acids is 1. The number of nitrogens with zero attached hydrogens (tertiary/aromatic N) is 1. The second kappa shape index (κ2) is 5.01. The van der Waals surface area contributed by atoms with Gasteiger partial charge in [-0.3, -0.25) is 4.79 Å². The normalized spacial score (nSPS) is 14.6. The first kappa shape index (κ1) is 12.9. The van der Waals surface area contributed by atoms with E-state index < -0.39 is 0 Å². The van der Waals surface area contributed by atoms with Crippen LogP contribution in [-0.2, 0) is 13.0 Å². The summed E-state index contributed by atoms with van der Waals surface area (Å²) in [5, 5.41) is 3.08. The molecule has 1 amide bonds. The molecule has 0 spiro atoms. The molecule has 0 atom stereocenters. The number of allylic oxidation sites excluding steroid dienone is 1. The fourth-order valence-electron chi connectivity index (χ4n) is 2.60. The van der Waals surface area contributed by atoms with Gasteiger partial charge in [-0.05, 0) is 44.2 Å². The van der Waals surface area contributed by atoms with Crippen LogP contribution in [0.5, 0.6) is 0 Å². The molecule has 1 fully saturated rings.